The van der Waals surface area contributed by atoms with E-state index in [4.69, 9.17) is 0 Å². The first-order valence-electron chi connectivity index (χ1n) is 11.2. The summed E-state index contributed by atoms with van der Waals surface area (Å²) >= 11 is 0. The standard InChI is InChI=1S/C24H30N4O5S/c1-16-5-7-18(8-6-16)14-25-21(29)19-13-17(2)20-23(31)27(11-12-28(20)22(19)30)15-24(9-10-24)26(3)34(4,32)33/h5-8,13H,9-12,14-15H2,1-4H3,(H,25,29). The predicted molar refractivity (Wildman–Crippen MR) is 128 cm³/mol. The highest BCUT2D eigenvalue weighted by atomic mass is 32.2. The van der Waals surface area contributed by atoms with Crippen LogP contribution >= 0.6 is 0 Å². The topological polar surface area (TPSA) is 109 Å². The fraction of sp³-hybridized carbons (Fsp3) is 0.458. The maximum absolute atomic E-state index is 13.3. The van der Waals surface area contributed by atoms with Crippen molar-refractivity contribution in [3.8, 4) is 0 Å². The van der Waals surface area contributed by atoms with Crippen LogP contribution in [0.25, 0.3) is 0 Å². The fourth-order valence-corrected chi connectivity index (χ4v) is 5.44. The molecule has 2 amide bonds. The number of amides is 2. The zero-order valence-corrected chi connectivity index (χ0v) is 20.7. The summed E-state index contributed by atoms with van der Waals surface area (Å²) in [5.41, 5.74) is 1.75. The molecule has 0 unspecified atom stereocenters. The van der Waals surface area contributed by atoms with Gasteiger partial charge in [0.05, 0.1) is 11.8 Å². The van der Waals surface area contributed by atoms with Crippen molar-refractivity contribution in [1.82, 2.24) is 19.1 Å². The summed E-state index contributed by atoms with van der Waals surface area (Å²) in [5.74, 6) is -0.800. The second-order valence-electron chi connectivity index (χ2n) is 9.40. The lowest BCUT2D eigenvalue weighted by Gasteiger charge is -2.36. The van der Waals surface area contributed by atoms with Crippen LogP contribution in [-0.4, -0.2) is 65.9 Å². The van der Waals surface area contributed by atoms with Crippen molar-refractivity contribution in [3.63, 3.8) is 0 Å². The van der Waals surface area contributed by atoms with Crippen LogP contribution in [0.1, 0.15) is 50.4 Å². The molecule has 1 fully saturated rings. The monoisotopic (exact) mass is 486 g/mol. The van der Waals surface area contributed by atoms with Gasteiger partial charge in [-0.25, -0.2) is 8.42 Å². The molecule has 1 saturated carbocycles. The van der Waals surface area contributed by atoms with E-state index in [1.54, 1.807) is 18.9 Å². The third-order valence-corrected chi connectivity index (χ3v) is 8.24. The number of benzene rings is 1. The first kappa shape index (κ1) is 24.2. The van der Waals surface area contributed by atoms with Crippen molar-refractivity contribution in [2.24, 2.45) is 0 Å². The highest BCUT2D eigenvalue weighted by Gasteiger charge is 2.52. The number of hydrogen-bond acceptors (Lipinski definition) is 5. The smallest absolute Gasteiger partial charge is 0.270 e. The Balaban J connectivity index is 1.54. The number of nitrogens with zero attached hydrogens (tertiary/aromatic N) is 3. The lowest BCUT2D eigenvalue weighted by molar-refractivity contribution is 0.0650. The van der Waals surface area contributed by atoms with Gasteiger partial charge in [0.15, 0.2) is 0 Å². The van der Waals surface area contributed by atoms with Crippen molar-refractivity contribution in [3.05, 3.63) is 68.6 Å². The minimum Gasteiger partial charge on any atom is -0.348 e. The second-order valence-corrected chi connectivity index (χ2v) is 11.4. The molecule has 34 heavy (non-hydrogen) atoms. The van der Waals surface area contributed by atoms with E-state index in [1.165, 1.54) is 14.9 Å². The van der Waals surface area contributed by atoms with Crippen LogP contribution in [-0.2, 0) is 23.1 Å². The number of aryl methyl sites for hydroxylation is 2. The van der Waals surface area contributed by atoms with Gasteiger partial charge >= 0.3 is 0 Å². The molecule has 1 N–H and O–H groups in total. The van der Waals surface area contributed by atoms with Gasteiger partial charge in [0.2, 0.25) is 10.0 Å². The number of carbonyl (C=O) groups is 2. The molecular formula is C24H30N4O5S. The number of hydrogen-bond donors (Lipinski definition) is 1. The summed E-state index contributed by atoms with van der Waals surface area (Å²) in [5, 5.41) is 2.79. The van der Waals surface area contributed by atoms with Gasteiger partial charge in [-0.05, 0) is 43.9 Å². The van der Waals surface area contributed by atoms with Gasteiger partial charge in [-0.15, -0.1) is 0 Å². The molecule has 9 nitrogen and oxygen atoms in total. The maximum Gasteiger partial charge on any atom is 0.270 e. The molecule has 2 heterocycles. The fourth-order valence-electron chi connectivity index (χ4n) is 4.50. The summed E-state index contributed by atoms with van der Waals surface area (Å²) < 4.78 is 26.8. The lowest BCUT2D eigenvalue weighted by atomic mass is 10.1. The molecule has 1 aliphatic carbocycles. The van der Waals surface area contributed by atoms with E-state index < -0.39 is 27.0 Å². The largest absolute Gasteiger partial charge is 0.348 e. The van der Waals surface area contributed by atoms with Gasteiger partial charge < -0.3 is 14.8 Å². The van der Waals surface area contributed by atoms with E-state index in [2.05, 4.69) is 5.32 Å². The summed E-state index contributed by atoms with van der Waals surface area (Å²) in [6.45, 7) is 4.79. The molecule has 0 saturated heterocycles. The maximum atomic E-state index is 13.3. The molecule has 1 aromatic heterocycles. The van der Waals surface area contributed by atoms with Crippen LogP contribution in [0.2, 0.25) is 0 Å². The minimum atomic E-state index is -3.39. The average molecular weight is 487 g/mol. The Hall–Kier alpha value is -2.98. The molecule has 2 aromatic rings. The number of fused-ring (bicyclic) bond motifs is 1. The van der Waals surface area contributed by atoms with Crippen LogP contribution in [0, 0.1) is 13.8 Å². The SMILES string of the molecule is Cc1ccc(CNC(=O)c2cc(C)c3n(c2=O)CCN(CC2(N(C)S(C)(=O)=O)CC2)C3=O)cc1. The van der Waals surface area contributed by atoms with Crippen LogP contribution in [0.5, 0.6) is 0 Å². The third kappa shape index (κ3) is 4.52. The first-order chi connectivity index (χ1) is 15.9. The van der Waals surface area contributed by atoms with E-state index in [9.17, 15) is 22.8 Å². The zero-order valence-electron chi connectivity index (χ0n) is 19.9. The van der Waals surface area contributed by atoms with Gasteiger partial charge in [-0.1, -0.05) is 29.8 Å². The van der Waals surface area contributed by atoms with E-state index in [-0.39, 0.29) is 36.8 Å². The molecule has 182 valence electrons. The Morgan fingerprint density at radius 3 is 2.35 bits per heavy atom. The predicted octanol–water partition coefficient (Wildman–Crippen LogP) is 1.27. The van der Waals surface area contributed by atoms with Crippen LogP contribution in [0.4, 0.5) is 0 Å². The van der Waals surface area contributed by atoms with Gasteiger partial charge in [-0.3, -0.25) is 14.4 Å². The van der Waals surface area contributed by atoms with Gasteiger partial charge in [-0.2, -0.15) is 4.31 Å². The highest BCUT2D eigenvalue weighted by molar-refractivity contribution is 7.88. The number of likely N-dealkylation sites (N-methyl/N-ethyl adjacent to an activating group) is 1. The van der Waals surface area contributed by atoms with E-state index in [0.717, 1.165) is 17.4 Å². The normalized spacial score (nSPS) is 17.0. The van der Waals surface area contributed by atoms with Crippen molar-refractivity contribution >= 4 is 21.8 Å². The number of sulfonamides is 1. The number of pyridine rings is 1. The number of rotatable bonds is 7. The molecule has 1 aromatic carbocycles. The molecule has 4 rings (SSSR count). The summed E-state index contributed by atoms with van der Waals surface area (Å²) in [6, 6.07) is 9.21. The van der Waals surface area contributed by atoms with E-state index in [0.29, 0.717) is 24.9 Å². The highest BCUT2D eigenvalue weighted by Crippen LogP contribution is 2.43. The van der Waals surface area contributed by atoms with E-state index in [1.807, 2.05) is 31.2 Å². The molecule has 1 aliphatic heterocycles. The van der Waals surface area contributed by atoms with Gasteiger partial charge in [0, 0.05) is 33.2 Å². The Morgan fingerprint density at radius 2 is 1.76 bits per heavy atom. The third-order valence-electron chi connectivity index (χ3n) is 6.86. The van der Waals surface area contributed by atoms with Crippen LogP contribution in [0.3, 0.4) is 0 Å². The van der Waals surface area contributed by atoms with Crippen molar-refractivity contribution < 1.29 is 18.0 Å². The average Bonchev–Trinajstić information content (AvgIpc) is 3.56. The zero-order chi connectivity index (χ0) is 24.8. The summed E-state index contributed by atoms with van der Waals surface area (Å²) in [6.07, 6.45) is 2.54. The molecule has 0 atom stereocenters. The van der Waals surface area contributed by atoms with E-state index >= 15 is 0 Å². The molecule has 10 heteroatoms. The first-order valence-corrected chi connectivity index (χ1v) is 13.1. The quantitative estimate of drug-likeness (QED) is 0.634. The lowest BCUT2D eigenvalue weighted by Crippen LogP contribution is -2.53. The molecule has 0 spiro atoms. The molecule has 0 radical (unpaired) electrons. The molecular weight excluding hydrogens is 456 g/mol. The van der Waals surface area contributed by atoms with Crippen molar-refractivity contribution in [2.75, 3.05) is 26.4 Å². The molecule has 2 aliphatic rings. The van der Waals surface area contributed by atoms with Gasteiger partial charge in [0.1, 0.15) is 11.3 Å². The summed E-state index contributed by atoms with van der Waals surface area (Å²) in [4.78, 5) is 40.8. The Kier molecular flexibility index (Phi) is 6.15. The Bertz CT molecular complexity index is 1310. The van der Waals surface area contributed by atoms with Crippen molar-refractivity contribution in [2.45, 2.75) is 45.3 Å². The number of aromatic nitrogens is 1. The Morgan fingerprint density at radius 1 is 1.12 bits per heavy atom. The minimum absolute atomic E-state index is 0.00471. The number of nitrogens with one attached hydrogen (secondary N) is 1. The number of carbonyl (C=O) groups excluding carboxylic acids is 2. The summed E-state index contributed by atoms with van der Waals surface area (Å²) in [7, 11) is -1.85. The van der Waals surface area contributed by atoms with Crippen LogP contribution < -0.4 is 10.9 Å². The van der Waals surface area contributed by atoms with Crippen molar-refractivity contribution in [1.29, 1.82) is 0 Å². The molecule has 0 bridgehead atoms. The van der Waals surface area contributed by atoms with Crippen LogP contribution in [0.15, 0.2) is 35.1 Å². The Labute approximate surface area is 199 Å². The van der Waals surface area contributed by atoms with Gasteiger partial charge in [0.25, 0.3) is 17.4 Å². The second kappa shape index (κ2) is 8.66.